The molecule has 0 aliphatic heterocycles. The SMILES string of the molecule is CCC(CC)CN(CC)C(CN)C1CCCCC1. The van der Waals surface area contributed by atoms with Gasteiger partial charge < -0.3 is 5.73 Å². The molecule has 0 aromatic carbocycles. The summed E-state index contributed by atoms with van der Waals surface area (Å²) in [5.41, 5.74) is 6.10. The summed E-state index contributed by atoms with van der Waals surface area (Å²) < 4.78 is 0. The van der Waals surface area contributed by atoms with Crippen molar-refractivity contribution in [3.63, 3.8) is 0 Å². The summed E-state index contributed by atoms with van der Waals surface area (Å²) in [5, 5.41) is 0. The Hall–Kier alpha value is -0.0800. The summed E-state index contributed by atoms with van der Waals surface area (Å²) in [4.78, 5) is 2.67. The molecule has 1 aliphatic carbocycles. The Morgan fingerprint density at radius 3 is 2.11 bits per heavy atom. The van der Waals surface area contributed by atoms with Crippen LogP contribution in [0.25, 0.3) is 0 Å². The van der Waals surface area contributed by atoms with Gasteiger partial charge in [0.05, 0.1) is 0 Å². The molecule has 18 heavy (non-hydrogen) atoms. The quantitative estimate of drug-likeness (QED) is 0.716. The van der Waals surface area contributed by atoms with E-state index in [1.54, 1.807) is 0 Å². The summed E-state index contributed by atoms with van der Waals surface area (Å²) in [7, 11) is 0. The first-order valence-electron chi connectivity index (χ1n) is 8.20. The fraction of sp³-hybridized carbons (Fsp3) is 1.00. The minimum absolute atomic E-state index is 0.635. The molecule has 2 nitrogen and oxygen atoms in total. The third kappa shape index (κ3) is 4.55. The molecule has 1 rings (SSSR count). The highest BCUT2D eigenvalue weighted by molar-refractivity contribution is 4.83. The van der Waals surface area contributed by atoms with Gasteiger partial charge >= 0.3 is 0 Å². The first-order chi connectivity index (χ1) is 8.76. The topological polar surface area (TPSA) is 29.3 Å². The maximum absolute atomic E-state index is 6.10. The van der Waals surface area contributed by atoms with Gasteiger partial charge in [0, 0.05) is 19.1 Å². The Kier molecular flexibility index (Phi) is 7.92. The van der Waals surface area contributed by atoms with Crippen LogP contribution in [-0.2, 0) is 0 Å². The molecule has 0 aromatic rings. The van der Waals surface area contributed by atoms with Crippen molar-refractivity contribution in [3.8, 4) is 0 Å². The molecule has 2 heteroatoms. The van der Waals surface area contributed by atoms with Gasteiger partial charge in [-0.25, -0.2) is 0 Å². The van der Waals surface area contributed by atoms with E-state index in [4.69, 9.17) is 5.73 Å². The molecule has 108 valence electrons. The fourth-order valence-corrected chi connectivity index (χ4v) is 3.54. The third-order valence-corrected chi connectivity index (χ3v) is 4.96. The summed E-state index contributed by atoms with van der Waals surface area (Å²) >= 11 is 0. The molecule has 0 radical (unpaired) electrons. The number of hydrogen-bond acceptors (Lipinski definition) is 2. The lowest BCUT2D eigenvalue weighted by Gasteiger charge is -2.39. The predicted octanol–water partition coefficient (Wildman–Crippen LogP) is 3.65. The lowest BCUT2D eigenvalue weighted by molar-refractivity contribution is 0.107. The van der Waals surface area contributed by atoms with E-state index in [2.05, 4.69) is 25.7 Å². The zero-order valence-corrected chi connectivity index (χ0v) is 12.8. The zero-order valence-electron chi connectivity index (χ0n) is 12.8. The highest BCUT2D eigenvalue weighted by Gasteiger charge is 2.27. The average molecular weight is 254 g/mol. The second-order valence-corrected chi connectivity index (χ2v) is 5.97. The van der Waals surface area contributed by atoms with Crippen molar-refractivity contribution in [1.29, 1.82) is 0 Å². The first kappa shape index (κ1) is 16.0. The highest BCUT2D eigenvalue weighted by Crippen LogP contribution is 2.29. The summed E-state index contributed by atoms with van der Waals surface area (Å²) in [6.07, 6.45) is 9.69. The number of nitrogens with zero attached hydrogens (tertiary/aromatic N) is 1. The largest absolute Gasteiger partial charge is 0.329 e. The van der Waals surface area contributed by atoms with Gasteiger partial charge in [-0.2, -0.15) is 0 Å². The molecule has 0 saturated heterocycles. The number of rotatable bonds is 8. The monoisotopic (exact) mass is 254 g/mol. The maximum atomic E-state index is 6.10. The summed E-state index contributed by atoms with van der Waals surface area (Å²) in [6.45, 7) is 10.2. The number of likely N-dealkylation sites (N-methyl/N-ethyl adjacent to an activating group) is 1. The Bertz CT molecular complexity index is 195. The molecule has 1 unspecified atom stereocenters. The molecule has 1 aliphatic rings. The number of hydrogen-bond donors (Lipinski definition) is 1. The molecular weight excluding hydrogens is 220 g/mol. The van der Waals surface area contributed by atoms with E-state index < -0.39 is 0 Å². The lowest BCUT2D eigenvalue weighted by atomic mass is 9.82. The predicted molar refractivity (Wildman–Crippen MR) is 80.7 cm³/mol. The third-order valence-electron chi connectivity index (χ3n) is 4.96. The molecule has 1 atom stereocenters. The Balaban J connectivity index is 2.57. The molecule has 0 spiro atoms. The Labute approximate surface area is 114 Å². The van der Waals surface area contributed by atoms with E-state index in [1.165, 1.54) is 51.5 Å². The van der Waals surface area contributed by atoms with Gasteiger partial charge in [-0.3, -0.25) is 4.90 Å². The molecule has 0 heterocycles. The van der Waals surface area contributed by atoms with E-state index in [1.807, 2.05) is 0 Å². The summed E-state index contributed by atoms with van der Waals surface area (Å²) in [5.74, 6) is 1.71. The Morgan fingerprint density at radius 1 is 1.06 bits per heavy atom. The van der Waals surface area contributed by atoms with Crippen molar-refractivity contribution in [2.45, 2.75) is 71.8 Å². The molecule has 0 aromatic heterocycles. The van der Waals surface area contributed by atoms with Crippen molar-refractivity contribution in [1.82, 2.24) is 4.90 Å². The van der Waals surface area contributed by atoms with Crippen LogP contribution in [0.15, 0.2) is 0 Å². The van der Waals surface area contributed by atoms with Gasteiger partial charge in [-0.15, -0.1) is 0 Å². The standard InChI is InChI=1S/C16H34N2/c1-4-14(5-2)13-18(6-3)16(12-17)15-10-8-7-9-11-15/h14-16H,4-13,17H2,1-3H3. The van der Waals surface area contributed by atoms with Crippen molar-refractivity contribution >= 4 is 0 Å². The van der Waals surface area contributed by atoms with Gasteiger partial charge in [0.25, 0.3) is 0 Å². The Morgan fingerprint density at radius 2 is 1.67 bits per heavy atom. The smallest absolute Gasteiger partial charge is 0.0246 e. The normalized spacial score (nSPS) is 19.7. The van der Waals surface area contributed by atoms with E-state index in [-0.39, 0.29) is 0 Å². The minimum Gasteiger partial charge on any atom is -0.329 e. The second-order valence-electron chi connectivity index (χ2n) is 5.97. The van der Waals surface area contributed by atoms with Crippen LogP contribution in [0.4, 0.5) is 0 Å². The van der Waals surface area contributed by atoms with E-state index in [0.29, 0.717) is 6.04 Å². The van der Waals surface area contributed by atoms with E-state index >= 15 is 0 Å². The van der Waals surface area contributed by atoms with Crippen LogP contribution in [0.1, 0.15) is 65.7 Å². The molecular formula is C16H34N2. The van der Waals surface area contributed by atoms with Crippen LogP contribution in [0.2, 0.25) is 0 Å². The van der Waals surface area contributed by atoms with Crippen LogP contribution in [0.3, 0.4) is 0 Å². The minimum atomic E-state index is 0.635. The van der Waals surface area contributed by atoms with E-state index in [0.717, 1.165) is 24.9 Å². The van der Waals surface area contributed by atoms with Crippen molar-refractivity contribution in [3.05, 3.63) is 0 Å². The van der Waals surface area contributed by atoms with Crippen LogP contribution >= 0.6 is 0 Å². The maximum Gasteiger partial charge on any atom is 0.0246 e. The molecule has 0 bridgehead atoms. The highest BCUT2D eigenvalue weighted by atomic mass is 15.2. The van der Waals surface area contributed by atoms with Crippen molar-refractivity contribution in [2.75, 3.05) is 19.6 Å². The van der Waals surface area contributed by atoms with Crippen molar-refractivity contribution < 1.29 is 0 Å². The lowest BCUT2D eigenvalue weighted by Crippen LogP contribution is -2.47. The van der Waals surface area contributed by atoms with Crippen LogP contribution in [0, 0.1) is 11.8 Å². The van der Waals surface area contributed by atoms with Crippen LogP contribution in [-0.4, -0.2) is 30.6 Å². The van der Waals surface area contributed by atoms with Gasteiger partial charge in [0.1, 0.15) is 0 Å². The van der Waals surface area contributed by atoms with Crippen molar-refractivity contribution in [2.24, 2.45) is 17.6 Å². The van der Waals surface area contributed by atoms with E-state index in [9.17, 15) is 0 Å². The van der Waals surface area contributed by atoms with Crippen LogP contribution in [0.5, 0.6) is 0 Å². The molecule has 1 fully saturated rings. The number of nitrogens with two attached hydrogens (primary N) is 1. The van der Waals surface area contributed by atoms with Crippen LogP contribution < -0.4 is 5.73 Å². The second kappa shape index (κ2) is 8.92. The molecule has 0 amide bonds. The molecule has 2 N–H and O–H groups in total. The van der Waals surface area contributed by atoms with Gasteiger partial charge in [0.2, 0.25) is 0 Å². The first-order valence-corrected chi connectivity index (χ1v) is 8.20. The van der Waals surface area contributed by atoms with Gasteiger partial charge in [-0.05, 0) is 31.2 Å². The fourth-order valence-electron chi connectivity index (χ4n) is 3.54. The zero-order chi connectivity index (χ0) is 13.4. The summed E-state index contributed by atoms with van der Waals surface area (Å²) in [6, 6.07) is 0.635. The average Bonchev–Trinajstić information content (AvgIpc) is 2.44. The van der Waals surface area contributed by atoms with Gasteiger partial charge in [0.15, 0.2) is 0 Å². The molecule has 1 saturated carbocycles. The van der Waals surface area contributed by atoms with Gasteiger partial charge in [-0.1, -0.05) is 52.9 Å².